The molecular weight excluding hydrogens is 340 g/mol. The fourth-order valence-corrected chi connectivity index (χ4v) is 3.31. The first-order valence-corrected chi connectivity index (χ1v) is 9.48. The van der Waals surface area contributed by atoms with E-state index in [1.165, 1.54) is 5.56 Å². The first kappa shape index (κ1) is 19.2. The minimum atomic E-state index is -0.00644. The minimum absolute atomic E-state index is 0.00644. The summed E-state index contributed by atoms with van der Waals surface area (Å²) in [6.07, 6.45) is 2.48. The molecule has 1 fully saturated rings. The summed E-state index contributed by atoms with van der Waals surface area (Å²) in [5, 5.41) is 2.99. The molecule has 2 amide bonds. The van der Waals surface area contributed by atoms with Gasteiger partial charge in [0.25, 0.3) is 0 Å². The molecule has 1 aliphatic heterocycles. The molecule has 1 saturated heterocycles. The van der Waals surface area contributed by atoms with E-state index < -0.39 is 0 Å². The molecule has 1 N–H and O–H groups in total. The lowest BCUT2D eigenvalue weighted by Gasteiger charge is -2.34. The Morgan fingerprint density at radius 2 is 1.81 bits per heavy atom. The standard InChI is InChI=1S/C20H28N6O/c1-15-5-4-7-21-18(15)14-25-9-11-26(12-10-25)20(27)22-8-6-19-23-16(2)13-17(3)24-19/h4-5,7,13H,6,8-12,14H2,1-3H3,(H,22,27). The molecule has 0 atom stereocenters. The molecular formula is C20H28N6O. The summed E-state index contributed by atoms with van der Waals surface area (Å²) in [4.78, 5) is 29.9. The molecule has 3 rings (SSSR count). The van der Waals surface area contributed by atoms with Crippen molar-refractivity contribution in [1.82, 2.24) is 30.1 Å². The van der Waals surface area contributed by atoms with E-state index in [0.717, 1.165) is 55.6 Å². The number of pyridine rings is 1. The number of hydrogen-bond acceptors (Lipinski definition) is 5. The maximum atomic E-state index is 12.4. The zero-order chi connectivity index (χ0) is 19.2. The molecule has 0 unspecified atom stereocenters. The van der Waals surface area contributed by atoms with Crippen molar-refractivity contribution in [2.75, 3.05) is 32.7 Å². The molecule has 27 heavy (non-hydrogen) atoms. The zero-order valence-corrected chi connectivity index (χ0v) is 16.4. The van der Waals surface area contributed by atoms with Gasteiger partial charge in [-0.3, -0.25) is 9.88 Å². The predicted molar refractivity (Wildman–Crippen MR) is 104 cm³/mol. The molecule has 0 aliphatic carbocycles. The van der Waals surface area contributed by atoms with Gasteiger partial charge in [-0.05, 0) is 38.5 Å². The van der Waals surface area contributed by atoms with Crippen molar-refractivity contribution in [1.29, 1.82) is 0 Å². The highest BCUT2D eigenvalue weighted by molar-refractivity contribution is 5.74. The minimum Gasteiger partial charge on any atom is -0.338 e. The van der Waals surface area contributed by atoms with Crippen LogP contribution in [0.5, 0.6) is 0 Å². The van der Waals surface area contributed by atoms with Gasteiger partial charge in [-0.2, -0.15) is 0 Å². The number of urea groups is 1. The van der Waals surface area contributed by atoms with Gasteiger partial charge in [0, 0.05) is 63.3 Å². The Morgan fingerprint density at radius 1 is 1.11 bits per heavy atom. The summed E-state index contributed by atoms with van der Waals surface area (Å²) in [7, 11) is 0. The topological polar surface area (TPSA) is 74.2 Å². The van der Waals surface area contributed by atoms with Gasteiger partial charge in [-0.15, -0.1) is 0 Å². The number of hydrogen-bond donors (Lipinski definition) is 1. The molecule has 0 spiro atoms. The molecule has 2 aromatic heterocycles. The Hall–Kier alpha value is -2.54. The molecule has 1 aliphatic rings. The van der Waals surface area contributed by atoms with Gasteiger partial charge in [-0.25, -0.2) is 14.8 Å². The summed E-state index contributed by atoms with van der Waals surface area (Å²) in [5.41, 5.74) is 4.25. The lowest BCUT2D eigenvalue weighted by atomic mass is 10.2. The van der Waals surface area contributed by atoms with Gasteiger partial charge < -0.3 is 10.2 Å². The van der Waals surface area contributed by atoms with E-state index >= 15 is 0 Å². The fourth-order valence-electron chi connectivity index (χ4n) is 3.31. The van der Waals surface area contributed by atoms with Crippen molar-refractivity contribution in [3.63, 3.8) is 0 Å². The second kappa shape index (κ2) is 8.90. The summed E-state index contributed by atoms with van der Waals surface area (Å²) in [5.74, 6) is 0.781. The molecule has 7 nitrogen and oxygen atoms in total. The maximum Gasteiger partial charge on any atom is 0.317 e. The second-order valence-corrected chi connectivity index (χ2v) is 7.08. The Labute approximate surface area is 160 Å². The van der Waals surface area contributed by atoms with Gasteiger partial charge in [0.2, 0.25) is 0 Å². The van der Waals surface area contributed by atoms with E-state index in [4.69, 9.17) is 0 Å². The number of aryl methyl sites for hydroxylation is 3. The molecule has 3 heterocycles. The average Bonchev–Trinajstić information content (AvgIpc) is 2.63. The highest BCUT2D eigenvalue weighted by Crippen LogP contribution is 2.10. The second-order valence-electron chi connectivity index (χ2n) is 7.08. The van der Waals surface area contributed by atoms with E-state index in [1.54, 1.807) is 0 Å². The summed E-state index contributed by atoms with van der Waals surface area (Å²) >= 11 is 0. The van der Waals surface area contributed by atoms with Crippen molar-refractivity contribution in [3.8, 4) is 0 Å². The molecule has 0 aromatic carbocycles. The van der Waals surface area contributed by atoms with Gasteiger partial charge in [-0.1, -0.05) is 6.07 Å². The first-order valence-electron chi connectivity index (χ1n) is 9.48. The van der Waals surface area contributed by atoms with Gasteiger partial charge >= 0.3 is 6.03 Å². The monoisotopic (exact) mass is 368 g/mol. The Bertz CT molecular complexity index is 766. The largest absolute Gasteiger partial charge is 0.338 e. The van der Waals surface area contributed by atoms with Crippen molar-refractivity contribution in [3.05, 3.63) is 52.9 Å². The van der Waals surface area contributed by atoms with E-state index in [-0.39, 0.29) is 6.03 Å². The number of carbonyl (C=O) groups is 1. The van der Waals surface area contributed by atoms with E-state index in [0.29, 0.717) is 13.0 Å². The first-order chi connectivity index (χ1) is 13.0. The lowest BCUT2D eigenvalue weighted by Crippen LogP contribution is -2.51. The van der Waals surface area contributed by atoms with Crippen LogP contribution in [0.2, 0.25) is 0 Å². The molecule has 0 radical (unpaired) electrons. The van der Waals surface area contributed by atoms with E-state index in [2.05, 4.69) is 38.2 Å². The number of piperazine rings is 1. The Kier molecular flexibility index (Phi) is 6.34. The number of rotatable bonds is 5. The van der Waals surface area contributed by atoms with E-state index in [1.807, 2.05) is 37.1 Å². The summed E-state index contributed by atoms with van der Waals surface area (Å²) in [6.45, 7) is 10.6. The highest BCUT2D eigenvalue weighted by atomic mass is 16.2. The van der Waals surface area contributed by atoms with Crippen molar-refractivity contribution in [2.24, 2.45) is 0 Å². The summed E-state index contributed by atoms with van der Waals surface area (Å²) < 4.78 is 0. The SMILES string of the molecule is Cc1cc(C)nc(CCNC(=O)N2CCN(Cc3ncccc3C)CC2)n1. The quantitative estimate of drug-likeness (QED) is 0.872. The van der Waals surface area contributed by atoms with Crippen LogP contribution in [0.25, 0.3) is 0 Å². The Balaban J connectivity index is 1.41. The normalized spacial score (nSPS) is 15.0. The zero-order valence-electron chi connectivity index (χ0n) is 16.4. The third-order valence-electron chi connectivity index (χ3n) is 4.80. The van der Waals surface area contributed by atoms with Crippen LogP contribution < -0.4 is 5.32 Å². The fraction of sp³-hybridized carbons (Fsp3) is 0.500. The number of nitrogens with one attached hydrogen (secondary N) is 1. The van der Waals surface area contributed by atoms with Crippen LogP contribution in [0.1, 0.15) is 28.5 Å². The van der Waals surface area contributed by atoms with Crippen LogP contribution in [-0.4, -0.2) is 63.5 Å². The molecule has 0 saturated carbocycles. The lowest BCUT2D eigenvalue weighted by molar-refractivity contribution is 0.134. The van der Waals surface area contributed by atoms with Crippen molar-refractivity contribution < 1.29 is 4.79 Å². The van der Waals surface area contributed by atoms with Crippen LogP contribution in [0.4, 0.5) is 4.79 Å². The third kappa shape index (κ3) is 5.47. The number of aromatic nitrogens is 3. The van der Waals surface area contributed by atoms with Crippen LogP contribution in [-0.2, 0) is 13.0 Å². The highest BCUT2D eigenvalue weighted by Gasteiger charge is 2.21. The van der Waals surface area contributed by atoms with Gasteiger partial charge in [0.05, 0.1) is 5.69 Å². The van der Waals surface area contributed by atoms with Crippen LogP contribution in [0.15, 0.2) is 24.4 Å². The Morgan fingerprint density at radius 3 is 2.48 bits per heavy atom. The van der Waals surface area contributed by atoms with Crippen LogP contribution in [0.3, 0.4) is 0 Å². The van der Waals surface area contributed by atoms with Crippen molar-refractivity contribution >= 4 is 6.03 Å². The van der Waals surface area contributed by atoms with Crippen molar-refractivity contribution in [2.45, 2.75) is 33.7 Å². The number of amides is 2. The summed E-state index contributed by atoms with van der Waals surface area (Å²) in [6, 6.07) is 6.00. The number of nitrogens with zero attached hydrogens (tertiary/aromatic N) is 5. The van der Waals surface area contributed by atoms with Gasteiger partial charge in [0.15, 0.2) is 0 Å². The number of carbonyl (C=O) groups excluding carboxylic acids is 1. The van der Waals surface area contributed by atoms with Crippen LogP contribution >= 0.6 is 0 Å². The maximum absolute atomic E-state index is 12.4. The third-order valence-corrected chi connectivity index (χ3v) is 4.80. The molecule has 7 heteroatoms. The molecule has 0 bridgehead atoms. The molecule has 2 aromatic rings. The van der Waals surface area contributed by atoms with E-state index in [9.17, 15) is 4.79 Å². The predicted octanol–water partition coefficient (Wildman–Crippen LogP) is 1.87. The smallest absolute Gasteiger partial charge is 0.317 e. The van der Waals surface area contributed by atoms with Gasteiger partial charge in [0.1, 0.15) is 5.82 Å². The molecule has 144 valence electrons. The van der Waals surface area contributed by atoms with Crippen LogP contribution in [0, 0.1) is 20.8 Å². The average molecular weight is 368 g/mol.